The molecule has 12 heavy (non-hydrogen) atoms. The van der Waals surface area contributed by atoms with E-state index >= 15 is 0 Å². The van der Waals surface area contributed by atoms with Crippen molar-refractivity contribution >= 4 is 16.4 Å². The molecule has 0 radical (unpaired) electrons. The van der Waals surface area contributed by atoms with Crippen molar-refractivity contribution in [2.75, 3.05) is 12.4 Å². The van der Waals surface area contributed by atoms with Crippen LogP contribution in [-0.4, -0.2) is 27.6 Å². The van der Waals surface area contributed by atoms with Crippen LogP contribution in [0.15, 0.2) is 0 Å². The molecule has 0 aliphatic heterocycles. The Morgan fingerprint density at radius 1 is 1.33 bits per heavy atom. The Kier molecular flexibility index (Phi) is 7.86. The van der Waals surface area contributed by atoms with Gasteiger partial charge in [-0.3, -0.25) is 0 Å². The molecule has 0 unspecified atom stereocenters. The first kappa shape index (κ1) is 12.1. The van der Waals surface area contributed by atoms with Gasteiger partial charge in [0, 0.05) is 13.0 Å². The lowest BCUT2D eigenvalue weighted by Gasteiger charge is -2.03. The number of aliphatic hydroxyl groups excluding tert-OH is 2. The molecule has 0 fully saturated rings. The maximum Gasteiger partial charge on any atom is 0.0697 e. The minimum atomic E-state index is 0.264. The molecular formula is C9H20O2S. The minimum absolute atomic E-state index is 0.264. The normalized spacial score (nSPS) is 13.2. The Bertz CT molecular complexity index is 132. The van der Waals surface area contributed by atoms with Crippen molar-refractivity contribution in [3.05, 3.63) is 0 Å². The third-order valence-corrected chi connectivity index (χ3v) is 2.54. The van der Waals surface area contributed by atoms with Crippen molar-refractivity contribution in [3.63, 3.8) is 0 Å². The first-order valence-corrected chi connectivity index (χ1v) is 5.58. The maximum absolute atomic E-state index is 9.36. The summed E-state index contributed by atoms with van der Waals surface area (Å²) in [5.74, 6) is 1.51. The fourth-order valence-electron chi connectivity index (χ4n) is 0.861. The zero-order valence-electron chi connectivity index (χ0n) is 7.95. The SMILES string of the molecule is CC(C)CC(O)=[SH]CCCCO. The first-order chi connectivity index (χ1) is 5.66. The molecule has 0 amide bonds. The van der Waals surface area contributed by atoms with Crippen molar-refractivity contribution in [2.45, 2.75) is 33.1 Å². The summed E-state index contributed by atoms with van der Waals surface area (Å²) < 4.78 is 0. The van der Waals surface area contributed by atoms with Gasteiger partial charge in [0.15, 0.2) is 0 Å². The number of unbranched alkanes of at least 4 members (excludes halogenated alkanes) is 1. The van der Waals surface area contributed by atoms with Gasteiger partial charge in [-0.15, -0.1) is 0 Å². The molecule has 3 heteroatoms. The van der Waals surface area contributed by atoms with Crippen molar-refractivity contribution < 1.29 is 10.2 Å². The minimum Gasteiger partial charge on any atom is -0.396 e. The van der Waals surface area contributed by atoms with Gasteiger partial charge in [0.05, 0.1) is 5.05 Å². The van der Waals surface area contributed by atoms with E-state index in [0.29, 0.717) is 11.0 Å². The summed E-state index contributed by atoms with van der Waals surface area (Å²) in [6.07, 6.45) is 2.66. The van der Waals surface area contributed by atoms with Crippen LogP contribution in [-0.2, 0) is 0 Å². The molecule has 0 spiro atoms. The van der Waals surface area contributed by atoms with E-state index in [1.165, 1.54) is 0 Å². The molecule has 0 saturated heterocycles. The molecule has 0 aromatic heterocycles. The van der Waals surface area contributed by atoms with Crippen LogP contribution in [0.5, 0.6) is 0 Å². The van der Waals surface area contributed by atoms with Crippen LogP contribution in [0.3, 0.4) is 0 Å². The quantitative estimate of drug-likeness (QED) is 0.342. The number of thiol groups is 1. The Balaban J connectivity index is 3.41. The lowest BCUT2D eigenvalue weighted by Crippen LogP contribution is -1.99. The van der Waals surface area contributed by atoms with E-state index in [1.807, 2.05) is 0 Å². The molecule has 0 aliphatic carbocycles. The van der Waals surface area contributed by atoms with Gasteiger partial charge in [0.1, 0.15) is 0 Å². The van der Waals surface area contributed by atoms with Crippen LogP contribution in [0.1, 0.15) is 33.1 Å². The molecule has 74 valence electrons. The average Bonchev–Trinajstić information content (AvgIpc) is 1.97. The number of rotatable bonds is 6. The van der Waals surface area contributed by atoms with Crippen LogP contribution < -0.4 is 0 Å². The van der Waals surface area contributed by atoms with E-state index in [2.05, 4.69) is 13.8 Å². The van der Waals surface area contributed by atoms with Gasteiger partial charge in [0.2, 0.25) is 0 Å². The largest absolute Gasteiger partial charge is 0.396 e. The first-order valence-electron chi connectivity index (χ1n) is 4.50. The highest BCUT2D eigenvalue weighted by molar-refractivity contribution is 7.98. The summed E-state index contributed by atoms with van der Waals surface area (Å²) in [6, 6.07) is 0. The number of aliphatic hydroxyl groups is 2. The van der Waals surface area contributed by atoms with Crippen LogP contribution in [0, 0.1) is 5.92 Å². The molecule has 0 atom stereocenters. The smallest absolute Gasteiger partial charge is 0.0697 e. The van der Waals surface area contributed by atoms with Crippen LogP contribution in [0.25, 0.3) is 0 Å². The molecule has 0 saturated carbocycles. The summed E-state index contributed by atoms with van der Waals surface area (Å²) in [5, 5.41) is 18.5. The summed E-state index contributed by atoms with van der Waals surface area (Å²) in [5.41, 5.74) is 0. The number of hydrogen-bond donors (Lipinski definition) is 3. The van der Waals surface area contributed by atoms with Crippen molar-refractivity contribution in [1.29, 1.82) is 0 Å². The summed E-state index contributed by atoms with van der Waals surface area (Å²) in [6.45, 7) is 4.46. The predicted octanol–water partition coefficient (Wildman–Crippen LogP) is 1.96. The van der Waals surface area contributed by atoms with Gasteiger partial charge < -0.3 is 10.2 Å². The van der Waals surface area contributed by atoms with Gasteiger partial charge in [-0.1, -0.05) is 13.8 Å². The highest BCUT2D eigenvalue weighted by Crippen LogP contribution is 2.05. The van der Waals surface area contributed by atoms with Crippen molar-refractivity contribution in [3.8, 4) is 0 Å². The van der Waals surface area contributed by atoms with Gasteiger partial charge in [-0.05, 0) is 24.5 Å². The Hall–Kier alpha value is 0.140. The second-order valence-corrected chi connectivity index (χ2v) is 4.61. The van der Waals surface area contributed by atoms with Gasteiger partial charge in [-0.2, -0.15) is 11.4 Å². The standard InChI is InChI=1S/C9H20O2S/c1-8(2)7-9(11)12-6-4-3-5-10/h8,10-12H,3-7H2,1-2H3. The lowest BCUT2D eigenvalue weighted by molar-refractivity contribution is 0.287. The van der Waals surface area contributed by atoms with E-state index in [-0.39, 0.29) is 6.61 Å². The topological polar surface area (TPSA) is 40.5 Å². The number of hydrogen-bond acceptors (Lipinski definition) is 1. The monoisotopic (exact) mass is 192 g/mol. The van der Waals surface area contributed by atoms with Crippen LogP contribution in [0.2, 0.25) is 0 Å². The summed E-state index contributed by atoms with van der Waals surface area (Å²) in [7, 11) is 0. The molecule has 0 heterocycles. The molecule has 2 nitrogen and oxygen atoms in total. The molecule has 2 N–H and O–H groups in total. The zero-order chi connectivity index (χ0) is 9.40. The Morgan fingerprint density at radius 2 is 2.00 bits per heavy atom. The average molecular weight is 192 g/mol. The second kappa shape index (κ2) is 7.77. The summed E-state index contributed by atoms with van der Waals surface area (Å²) in [4.78, 5) is 0. The van der Waals surface area contributed by atoms with Crippen molar-refractivity contribution in [1.82, 2.24) is 0 Å². The van der Waals surface area contributed by atoms with Crippen LogP contribution in [0.4, 0.5) is 0 Å². The Labute approximate surface area is 78.6 Å². The van der Waals surface area contributed by atoms with E-state index < -0.39 is 0 Å². The third-order valence-electron chi connectivity index (χ3n) is 1.45. The fourth-order valence-corrected chi connectivity index (χ4v) is 2.00. The highest BCUT2D eigenvalue weighted by atomic mass is 32.1. The van der Waals surface area contributed by atoms with Crippen LogP contribution >= 0.6 is 11.4 Å². The predicted molar refractivity (Wildman–Crippen MR) is 57.3 cm³/mol. The van der Waals surface area contributed by atoms with E-state index in [0.717, 1.165) is 36.4 Å². The van der Waals surface area contributed by atoms with E-state index in [4.69, 9.17) is 5.11 Å². The highest BCUT2D eigenvalue weighted by Gasteiger charge is 1.96. The molecule has 0 bridgehead atoms. The van der Waals surface area contributed by atoms with Crippen molar-refractivity contribution in [2.24, 2.45) is 5.92 Å². The maximum atomic E-state index is 9.36. The molecule has 0 aromatic carbocycles. The van der Waals surface area contributed by atoms with E-state index in [1.54, 1.807) is 0 Å². The third kappa shape index (κ3) is 8.24. The van der Waals surface area contributed by atoms with Gasteiger partial charge >= 0.3 is 0 Å². The molecule has 0 aromatic rings. The zero-order valence-corrected chi connectivity index (χ0v) is 8.85. The molecule has 0 rings (SSSR count). The van der Waals surface area contributed by atoms with Gasteiger partial charge in [-0.25, -0.2) is 0 Å². The summed E-state index contributed by atoms with van der Waals surface area (Å²) >= 11 is 1.04. The molecule has 0 aliphatic rings. The van der Waals surface area contributed by atoms with Gasteiger partial charge in [0.25, 0.3) is 0 Å². The molecular weight excluding hydrogens is 172 g/mol. The van der Waals surface area contributed by atoms with E-state index in [9.17, 15) is 5.11 Å². The fraction of sp³-hybridized carbons (Fsp3) is 0.889. The lowest BCUT2D eigenvalue weighted by atomic mass is 10.1. The second-order valence-electron chi connectivity index (χ2n) is 3.33. The Morgan fingerprint density at radius 3 is 2.50 bits per heavy atom.